The van der Waals surface area contributed by atoms with Crippen LogP contribution < -0.4 is 26.3 Å². The van der Waals surface area contributed by atoms with Crippen molar-refractivity contribution in [3.8, 4) is 11.5 Å². The number of nitrogens with one attached hydrogen (secondary N) is 1. The third kappa shape index (κ3) is 6.39. The number of nitrogen functional groups attached to an aromatic ring is 1. The van der Waals surface area contributed by atoms with E-state index in [2.05, 4.69) is 9.69 Å². The van der Waals surface area contributed by atoms with E-state index in [-0.39, 0.29) is 22.8 Å². The number of furan rings is 1. The summed E-state index contributed by atoms with van der Waals surface area (Å²) in [5.74, 6) is -0.223. The molecule has 5 N–H and O–H groups in total. The summed E-state index contributed by atoms with van der Waals surface area (Å²) in [6, 6.07) is 7.24. The van der Waals surface area contributed by atoms with Gasteiger partial charge in [-0.2, -0.15) is 4.37 Å². The molecule has 1 aromatic carbocycles. The first-order chi connectivity index (χ1) is 17.7. The minimum Gasteiger partial charge on any atom is -0.493 e. The number of carbonyl (C=O) groups is 3. The minimum atomic E-state index is -1.11. The molecule has 3 rings (SSSR count). The molecule has 198 valence electrons. The molecule has 0 saturated heterocycles. The van der Waals surface area contributed by atoms with Gasteiger partial charge in [-0.15, -0.1) is 0 Å². The van der Waals surface area contributed by atoms with E-state index in [1.165, 1.54) is 25.4 Å². The van der Waals surface area contributed by atoms with Gasteiger partial charge < -0.3 is 35.6 Å². The second-order valence-corrected chi connectivity index (χ2v) is 9.41. The van der Waals surface area contributed by atoms with Gasteiger partial charge in [0, 0.05) is 6.54 Å². The maximum Gasteiger partial charge on any atom is 0.270 e. The summed E-state index contributed by atoms with van der Waals surface area (Å²) in [5, 5.41) is 2.93. The number of aromatic nitrogens is 1. The molecule has 37 heavy (non-hydrogen) atoms. The zero-order chi connectivity index (χ0) is 27.1. The van der Waals surface area contributed by atoms with E-state index in [9.17, 15) is 14.4 Å². The first-order valence-corrected chi connectivity index (χ1v) is 12.3. The molecular formula is C25H31N5O6S. The standard InChI is InChI=1S/C25H31N5O6S/c1-14(2)9-10-28-24(32)21(15-7-8-17(34-3)18(12-15)35-4)30(13-16-6-5-11-36-16)25(33)22-19(26)20(23(27)31)29-37-22/h5-8,11-12,14,21H,9-10,13,26H2,1-4H3,(H2,27,31)(H,28,32)/t21-/m1/s1. The highest BCUT2D eigenvalue weighted by atomic mass is 32.1. The van der Waals surface area contributed by atoms with Gasteiger partial charge in [-0.3, -0.25) is 14.4 Å². The number of ether oxygens (including phenoxy) is 2. The Morgan fingerprint density at radius 2 is 1.89 bits per heavy atom. The maximum absolute atomic E-state index is 13.9. The summed E-state index contributed by atoms with van der Waals surface area (Å²) < 4.78 is 20.2. The second-order valence-electron chi connectivity index (χ2n) is 8.64. The van der Waals surface area contributed by atoms with E-state index in [0.717, 1.165) is 18.0 Å². The number of benzene rings is 1. The van der Waals surface area contributed by atoms with E-state index in [1.54, 1.807) is 30.3 Å². The highest BCUT2D eigenvalue weighted by Crippen LogP contribution is 2.35. The van der Waals surface area contributed by atoms with Crippen molar-refractivity contribution < 1.29 is 28.3 Å². The maximum atomic E-state index is 13.9. The Balaban J connectivity index is 2.12. The first-order valence-electron chi connectivity index (χ1n) is 11.6. The average molecular weight is 530 g/mol. The number of methoxy groups -OCH3 is 2. The predicted molar refractivity (Wildman–Crippen MR) is 138 cm³/mol. The number of carbonyl (C=O) groups excluding carboxylic acids is 3. The molecule has 0 unspecified atom stereocenters. The third-order valence-corrected chi connectivity index (χ3v) is 6.48. The fourth-order valence-corrected chi connectivity index (χ4v) is 4.45. The van der Waals surface area contributed by atoms with E-state index in [0.29, 0.717) is 35.3 Å². The SMILES string of the molecule is COc1ccc([C@H](C(=O)NCCC(C)C)N(Cc2ccco2)C(=O)c2snc(C(N)=O)c2N)cc1OC. The van der Waals surface area contributed by atoms with Crippen LogP contribution in [0.3, 0.4) is 0 Å². The van der Waals surface area contributed by atoms with Crippen molar-refractivity contribution in [2.24, 2.45) is 11.7 Å². The quantitative estimate of drug-likeness (QED) is 0.322. The molecule has 0 aliphatic carbocycles. The molecule has 0 spiro atoms. The van der Waals surface area contributed by atoms with Gasteiger partial charge in [0.15, 0.2) is 17.2 Å². The summed E-state index contributed by atoms with van der Waals surface area (Å²) in [7, 11) is 2.98. The largest absolute Gasteiger partial charge is 0.493 e. The number of nitrogens with two attached hydrogens (primary N) is 2. The summed E-state index contributed by atoms with van der Waals surface area (Å²) in [6.45, 7) is 4.45. The normalized spacial score (nSPS) is 11.7. The highest BCUT2D eigenvalue weighted by molar-refractivity contribution is 7.09. The highest BCUT2D eigenvalue weighted by Gasteiger charge is 2.36. The molecule has 2 aromatic heterocycles. The summed E-state index contributed by atoms with van der Waals surface area (Å²) in [6.07, 6.45) is 2.22. The van der Waals surface area contributed by atoms with Gasteiger partial charge in [0.25, 0.3) is 11.8 Å². The van der Waals surface area contributed by atoms with Crippen LogP contribution in [0.25, 0.3) is 0 Å². The van der Waals surface area contributed by atoms with Crippen LogP contribution in [0, 0.1) is 5.92 Å². The molecule has 0 fully saturated rings. The molecular weight excluding hydrogens is 498 g/mol. The van der Waals surface area contributed by atoms with Gasteiger partial charge in [-0.25, -0.2) is 0 Å². The van der Waals surface area contributed by atoms with Gasteiger partial charge >= 0.3 is 0 Å². The molecule has 0 saturated carbocycles. The third-order valence-electron chi connectivity index (χ3n) is 5.63. The number of nitrogens with zero attached hydrogens (tertiary/aromatic N) is 2. The molecule has 3 amide bonds. The lowest BCUT2D eigenvalue weighted by Gasteiger charge is -2.31. The van der Waals surface area contributed by atoms with Crippen LogP contribution in [-0.4, -0.2) is 47.8 Å². The Kier molecular flexibility index (Phi) is 9.12. The molecule has 11 nitrogen and oxygen atoms in total. The number of rotatable bonds is 12. The minimum absolute atomic E-state index is 0.0131. The van der Waals surface area contributed by atoms with Crippen LogP contribution in [0.4, 0.5) is 5.69 Å². The number of primary amides is 1. The molecule has 12 heteroatoms. The Labute approximate surface area is 218 Å². The molecule has 0 bridgehead atoms. The van der Waals surface area contributed by atoms with Crippen LogP contribution >= 0.6 is 11.5 Å². The van der Waals surface area contributed by atoms with Gasteiger partial charge in [0.1, 0.15) is 16.7 Å². The number of anilines is 1. The van der Waals surface area contributed by atoms with Crippen molar-refractivity contribution >= 4 is 34.9 Å². The van der Waals surface area contributed by atoms with E-state index < -0.39 is 23.8 Å². The van der Waals surface area contributed by atoms with Gasteiger partial charge in [-0.1, -0.05) is 19.9 Å². The summed E-state index contributed by atoms with van der Waals surface area (Å²) >= 11 is 0.739. The fraction of sp³-hybridized carbons (Fsp3) is 0.360. The van der Waals surface area contributed by atoms with Gasteiger partial charge in [0.2, 0.25) is 5.91 Å². The lowest BCUT2D eigenvalue weighted by atomic mass is 10.0. The monoisotopic (exact) mass is 529 g/mol. The molecule has 1 atom stereocenters. The molecule has 0 aliphatic rings. The zero-order valence-corrected chi connectivity index (χ0v) is 22.0. The summed E-state index contributed by atoms with van der Waals surface area (Å²) in [5.41, 5.74) is 11.5. The van der Waals surface area contributed by atoms with Crippen molar-refractivity contribution in [2.75, 3.05) is 26.5 Å². The van der Waals surface area contributed by atoms with Crippen LogP contribution in [0.1, 0.15) is 57.8 Å². The van der Waals surface area contributed by atoms with Gasteiger partial charge in [0.05, 0.1) is 32.7 Å². The number of hydrogen-bond acceptors (Lipinski definition) is 9. The average Bonchev–Trinajstić information content (AvgIpc) is 3.52. The topological polar surface area (TPSA) is 163 Å². The van der Waals surface area contributed by atoms with Crippen LogP contribution in [-0.2, 0) is 11.3 Å². The van der Waals surface area contributed by atoms with Gasteiger partial charge in [-0.05, 0) is 53.7 Å². The Hall–Kier alpha value is -4.06. The second kappa shape index (κ2) is 12.3. The lowest BCUT2D eigenvalue weighted by Crippen LogP contribution is -2.43. The predicted octanol–water partition coefficient (Wildman–Crippen LogP) is 2.98. The molecule has 3 aromatic rings. The van der Waals surface area contributed by atoms with Crippen molar-refractivity contribution in [3.05, 3.63) is 58.5 Å². The zero-order valence-electron chi connectivity index (χ0n) is 21.1. The smallest absolute Gasteiger partial charge is 0.270 e. The number of amides is 3. The summed E-state index contributed by atoms with van der Waals surface area (Å²) in [4.78, 5) is 40.6. The Bertz CT molecular complexity index is 1240. The van der Waals surface area contributed by atoms with E-state index in [4.69, 9.17) is 25.4 Å². The lowest BCUT2D eigenvalue weighted by molar-refractivity contribution is -0.126. The van der Waals surface area contributed by atoms with Crippen LogP contribution in [0.5, 0.6) is 11.5 Å². The van der Waals surface area contributed by atoms with Crippen molar-refractivity contribution in [2.45, 2.75) is 32.9 Å². The van der Waals surface area contributed by atoms with Crippen LogP contribution in [0.15, 0.2) is 41.0 Å². The Morgan fingerprint density at radius 3 is 2.46 bits per heavy atom. The molecule has 0 aliphatic heterocycles. The van der Waals surface area contributed by atoms with Crippen LogP contribution in [0.2, 0.25) is 0 Å². The first kappa shape index (κ1) is 27.5. The number of hydrogen-bond donors (Lipinski definition) is 3. The Morgan fingerprint density at radius 1 is 1.16 bits per heavy atom. The van der Waals surface area contributed by atoms with E-state index >= 15 is 0 Å². The molecule has 2 heterocycles. The fourth-order valence-electron chi connectivity index (χ4n) is 3.69. The molecule has 0 radical (unpaired) electrons. The van der Waals surface area contributed by atoms with Crippen molar-refractivity contribution in [1.29, 1.82) is 0 Å². The van der Waals surface area contributed by atoms with Crippen molar-refractivity contribution in [1.82, 2.24) is 14.6 Å². The van der Waals surface area contributed by atoms with E-state index in [1.807, 2.05) is 13.8 Å². The van der Waals surface area contributed by atoms with Crippen molar-refractivity contribution in [3.63, 3.8) is 0 Å².